The number of benzene rings is 3. The number of halogens is 1. The van der Waals surface area contributed by atoms with E-state index in [1.807, 2.05) is 27.0 Å². The van der Waals surface area contributed by atoms with Gasteiger partial charge in [0.1, 0.15) is 24.2 Å². The molecule has 3 aromatic carbocycles. The lowest BCUT2D eigenvalue weighted by molar-refractivity contribution is -0.141. The van der Waals surface area contributed by atoms with Gasteiger partial charge in [-0.05, 0) is 94.5 Å². The van der Waals surface area contributed by atoms with Gasteiger partial charge in [-0.3, -0.25) is 13.9 Å². The number of sulfonamides is 1. The molecule has 0 aliphatic carbocycles. The predicted molar refractivity (Wildman–Crippen MR) is 169 cm³/mol. The van der Waals surface area contributed by atoms with Crippen molar-refractivity contribution in [2.75, 3.05) is 23.7 Å². The summed E-state index contributed by atoms with van der Waals surface area (Å²) in [6, 6.07) is 17.8. The molecule has 3 aromatic rings. The van der Waals surface area contributed by atoms with Crippen LogP contribution in [0, 0.1) is 5.82 Å². The third-order valence-electron chi connectivity index (χ3n) is 6.51. The molecule has 232 valence electrons. The molecule has 0 heterocycles. The molecule has 0 fully saturated rings. The number of carbonyl (C=O) groups excluding carboxylic acids is 2. The van der Waals surface area contributed by atoms with E-state index in [0.29, 0.717) is 11.3 Å². The number of hydrogen-bond donors (Lipinski definition) is 1. The number of anilines is 1. The molecule has 0 saturated carbocycles. The summed E-state index contributed by atoms with van der Waals surface area (Å²) in [5.41, 5.74) is 0.221. The minimum absolute atomic E-state index is 0.00648. The molecule has 0 spiro atoms. The molecular weight excluding hydrogens is 590 g/mol. The Bertz CT molecular complexity index is 1490. The maximum Gasteiger partial charge on any atom is 0.264 e. The number of rotatable bonds is 13. The second-order valence-electron chi connectivity index (χ2n) is 10.9. The molecule has 0 radical (unpaired) electrons. The van der Waals surface area contributed by atoms with Crippen molar-refractivity contribution in [1.82, 2.24) is 10.2 Å². The fourth-order valence-corrected chi connectivity index (χ4v) is 6.32. The first-order chi connectivity index (χ1) is 20.3. The number of carbonyl (C=O) groups is 2. The van der Waals surface area contributed by atoms with E-state index in [9.17, 15) is 22.4 Å². The number of ether oxygens (including phenoxy) is 1. The highest BCUT2D eigenvalue weighted by atomic mass is 32.2. The zero-order valence-corrected chi connectivity index (χ0v) is 27.1. The summed E-state index contributed by atoms with van der Waals surface area (Å²) < 4.78 is 48.8. The van der Waals surface area contributed by atoms with Crippen LogP contribution in [-0.4, -0.2) is 56.1 Å². The molecule has 3 rings (SSSR count). The SMILES string of the molecule is CCOc1ccccc1N(CC(=O)N(Cc1ccc(F)cc1)C(CC)C(=O)NC(C)(C)C)S(=O)(=O)c1ccc(SC)cc1. The van der Waals surface area contributed by atoms with Crippen molar-refractivity contribution in [2.24, 2.45) is 0 Å². The molecule has 1 unspecified atom stereocenters. The van der Waals surface area contributed by atoms with Gasteiger partial charge in [0.15, 0.2) is 0 Å². The summed E-state index contributed by atoms with van der Waals surface area (Å²) in [5.74, 6) is -1.11. The van der Waals surface area contributed by atoms with Gasteiger partial charge in [0.2, 0.25) is 11.8 Å². The highest BCUT2D eigenvalue weighted by molar-refractivity contribution is 7.98. The molecule has 0 aliphatic heterocycles. The van der Waals surface area contributed by atoms with E-state index < -0.39 is 39.9 Å². The Hall–Kier alpha value is -3.57. The normalized spacial score (nSPS) is 12.3. The number of thioether (sulfide) groups is 1. The van der Waals surface area contributed by atoms with E-state index in [2.05, 4.69) is 5.32 Å². The Labute approximate surface area is 258 Å². The summed E-state index contributed by atoms with van der Waals surface area (Å²) >= 11 is 1.48. The molecule has 1 atom stereocenters. The van der Waals surface area contributed by atoms with Crippen LogP contribution in [0.5, 0.6) is 5.75 Å². The monoisotopic (exact) mass is 629 g/mol. The van der Waals surface area contributed by atoms with Gasteiger partial charge in [0.05, 0.1) is 17.2 Å². The van der Waals surface area contributed by atoms with Crippen molar-refractivity contribution in [3.05, 3.63) is 84.2 Å². The van der Waals surface area contributed by atoms with Gasteiger partial charge >= 0.3 is 0 Å². The highest BCUT2D eigenvalue weighted by Crippen LogP contribution is 2.33. The van der Waals surface area contributed by atoms with Gasteiger partial charge in [0, 0.05) is 17.0 Å². The van der Waals surface area contributed by atoms with Crippen LogP contribution in [0.4, 0.5) is 10.1 Å². The quantitative estimate of drug-likeness (QED) is 0.238. The fraction of sp³-hybridized carbons (Fsp3) is 0.375. The molecule has 0 bridgehead atoms. The van der Waals surface area contributed by atoms with Crippen molar-refractivity contribution in [2.45, 2.75) is 69.0 Å². The summed E-state index contributed by atoms with van der Waals surface area (Å²) in [6.45, 7) is 8.73. The maximum absolute atomic E-state index is 14.2. The highest BCUT2D eigenvalue weighted by Gasteiger charge is 2.35. The largest absolute Gasteiger partial charge is 0.492 e. The van der Waals surface area contributed by atoms with E-state index >= 15 is 0 Å². The molecule has 0 aromatic heterocycles. The average Bonchev–Trinajstić information content (AvgIpc) is 2.96. The van der Waals surface area contributed by atoms with Crippen molar-refractivity contribution < 1.29 is 27.1 Å². The van der Waals surface area contributed by atoms with Gasteiger partial charge < -0.3 is 15.0 Å². The molecule has 0 saturated heterocycles. The lowest BCUT2D eigenvalue weighted by Crippen LogP contribution is -2.55. The summed E-state index contributed by atoms with van der Waals surface area (Å²) in [4.78, 5) is 29.9. The third-order valence-corrected chi connectivity index (χ3v) is 9.03. The van der Waals surface area contributed by atoms with Crippen LogP contribution < -0.4 is 14.4 Å². The molecule has 11 heteroatoms. The van der Waals surface area contributed by atoms with Crippen LogP contribution in [-0.2, 0) is 26.2 Å². The van der Waals surface area contributed by atoms with Gasteiger partial charge in [0.25, 0.3) is 10.0 Å². The Kier molecular flexibility index (Phi) is 11.6. The third kappa shape index (κ3) is 8.96. The van der Waals surface area contributed by atoms with Crippen molar-refractivity contribution in [1.29, 1.82) is 0 Å². The molecule has 43 heavy (non-hydrogen) atoms. The van der Waals surface area contributed by atoms with Crippen LogP contribution >= 0.6 is 11.8 Å². The van der Waals surface area contributed by atoms with E-state index in [-0.39, 0.29) is 36.1 Å². The molecule has 8 nitrogen and oxygen atoms in total. The first-order valence-electron chi connectivity index (χ1n) is 14.0. The van der Waals surface area contributed by atoms with Gasteiger partial charge in [-0.1, -0.05) is 31.2 Å². The Morgan fingerprint density at radius 3 is 2.16 bits per heavy atom. The molecule has 2 amide bonds. The van der Waals surface area contributed by atoms with E-state index in [4.69, 9.17) is 4.74 Å². The van der Waals surface area contributed by atoms with E-state index in [0.717, 1.165) is 9.20 Å². The van der Waals surface area contributed by atoms with Crippen molar-refractivity contribution in [3.8, 4) is 5.75 Å². The van der Waals surface area contributed by atoms with Crippen molar-refractivity contribution >= 4 is 39.3 Å². The van der Waals surface area contributed by atoms with Gasteiger partial charge in [-0.15, -0.1) is 11.8 Å². The zero-order chi connectivity index (χ0) is 31.8. The van der Waals surface area contributed by atoms with Crippen molar-refractivity contribution in [3.63, 3.8) is 0 Å². The number of para-hydroxylation sites is 2. The average molecular weight is 630 g/mol. The summed E-state index contributed by atoms with van der Waals surface area (Å²) in [5, 5.41) is 2.93. The minimum atomic E-state index is -4.26. The van der Waals surface area contributed by atoms with Crippen LogP contribution in [0.15, 0.2) is 82.6 Å². The lowest BCUT2D eigenvalue weighted by Gasteiger charge is -2.35. The van der Waals surface area contributed by atoms with Gasteiger partial charge in [-0.25, -0.2) is 12.8 Å². The summed E-state index contributed by atoms with van der Waals surface area (Å²) in [6.07, 6.45) is 2.16. The van der Waals surface area contributed by atoms with E-state index in [1.165, 1.54) is 53.1 Å². The lowest BCUT2D eigenvalue weighted by atomic mass is 10.1. The second-order valence-corrected chi connectivity index (χ2v) is 13.6. The van der Waals surface area contributed by atoms with Crippen LogP contribution in [0.25, 0.3) is 0 Å². The Morgan fingerprint density at radius 2 is 1.60 bits per heavy atom. The summed E-state index contributed by atoms with van der Waals surface area (Å²) in [7, 11) is -4.26. The number of nitrogens with one attached hydrogen (secondary N) is 1. The van der Waals surface area contributed by atoms with Gasteiger partial charge in [-0.2, -0.15) is 0 Å². The van der Waals surface area contributed by atoms with Crippen LogP contribution in [0.1, 0.15) is 46.6 Å². The van der Waals surface area contributed by atoms with Crippen LogP contribution in [0.2, 0.25) is 0 Å². The van der Waals surface area contributed by atoms with E-state index in [1.54, 1.807) is 50.2 Å². The first kappa shape index (κ1) is 33.9. The topological polar surface area (TPSA) is 96.0 Å². The predicted octanol–water partition coefficient (Wildman–Crippen LogP) is 5.86. The molecular formula is C32H40FN3O5S2. The minimum Gasteiger partial charge on any atom is -0.492 e. The fourth-order valence-electron chi connectivity index (χ4n) is 4.49. The standard InChI is InChI=1S/C32H40FN3O5S2/c1-7-27(31(38)34-32(3,4)5)35(21-23-13-15-24(33)16-14-23)30(37)22-36(28-11-9-10-12-29(28)41-8-2)43(39,40)26-19-17-25(42-6)18-20-26/h9-20,27H,7-8,21-22H2,1-6H3,(H,34,38). The maximum atomic E-state index is 14.2. The number of hydrogen-bond acceptors (Lipinski definition) is 6. The number of nitrogens with zero attached hydrogens (tertiary/aromatic N) is 2. The Balaban J connectivity index is 2.12. The molecule has 0 aliphatic rings. The first-order valence-corrected chi connectivity index (χ1v) is 16.7. The number of amides is 2. The zero-order valence-electron chi connectivity index (χ0n) is 25.5. The Morgan fingerprint density at radius 1 is 0.977 bits per heavy atom. The molecule has 1 N–H and O–H groups in total. The smallest absolute Gasteiger partial charge is 0.264 e. The van der Waals surface area contributed by atoms with Crippen LogP contribution in [0.3, 0.4) is 0 Å². The second kappa shape index (κ2) is 14.7.